The van der Waals surface area contributed by atoms with Crippen LogP contribution in [-0.4, -0.2) is 44.0 Å². The van der Waals surface area contributed by atoms with Crippen molar-refractivity contribution in [3.05, 3.63) is 64.4 Å². The molecule has 3 heterocycles. The third-order valence-electron chi connectivity index (χ3n) is 5.75. The second-order valence-corrected chi connectivity index (χ2v) is 10.1. The van der Waals surface area contributed by atoms with Crippen molar-refractivity contribution in [3.63, 3.8) is 0 Å². The molecule has 1 aliphatic rings. The highest BCUT2D eigenvalue weighted by Gasteiger charge is 2.22. The zero-order chi connectivity index (χ0) is 23.4. The first-order valence-electron chi connectivity index (χ1n) is 11.3. The molecule has 0 radical (unpaired) electrons. The molecule has 0 spiro atoms. The van der Waals surface area contributed by atoms with Crippen LogP contribution in [0.1, 0.15) is 54.3 Å². The van der Waals surface area contributed by atoms with E-state index in [0.717, 1.165) is 57.8 Å². The molecule has 172 valence electrons. The number of rotatable bonds is 5. The van der Waals surface area contributed by atoms with Gasteiger partial charge in [-0.2, -0.15) is 5.06 Å². The quantitative estimate of drug-likeness (QED) is 0.490. The van der Waals surface area contributed by atoms with E-state index >= 15 is 0 Å². The highest BCUT2D eigenvalue weighted by atomic mass is 32.1. The number of nitrogen functional groups attached to an aromatic ring is 1. The SMILES string of the molecule is CC(C)(O)C#Cc1cccc(CCc2cc(-c3cnc(C4CCN(O)CC4)s3)cnc2N)c1. The predicted molar refractivity (Wildman–Crippen MR) is 132 cm³/mol. The molecular formula is C26H30N4O2S. The summed E-state index contributed by atoms with van der Waals surface area (Å²) in [7, 11) is 0. The van der Waals surface area contributed by atoms with Gasteiger partial charge in [-0.05, 0) is 68.9 Å². The number of hydroxylamine groups is 2. The van der Waals surface area contributed by atoms with Gasteiger partial charge in [-0.15, -0.1) is 11.3 Å². The zero-order valence-corrected chi connectivity index (χ0v) is 19.9. The third kappa shape index (κ3) is 6.40. The average molecular weight is 463 g/mol. The van der Waals surface area contributed by atoms with Crippen LogP contribution in [0.3, 0.4) is 0 Å². The van der Waals surface area contributed by atoms with Crippen LogP contribution in [0.25, 0.3) is 10.4 Å². The number of anilines is 1. The Morgan fingerprint density at radius 3 is 2.70 bits per heavy atom. The molecular weight excluding hydrogens is 432 g/mol. The Bertz CT molecular complexity index is 1160. The summed E-state index contributed by atoms with van der Waals surface area (Å²) in [5, 5.41) is 21.9. The van der Waals surface area contributed by atoms with Gasteiger partial charge in [0.05, 0.1) is 9.88 Å². The van der Waals surface area contributed by atoms with Crippen molar-refractivity contribution in [3.8, 4) is 22.3 Å². The molecule has 0 atom stereocenters. The molecule has 0 aliphatic carbocycles. The van der Waals surface area contributed by atoms with Crippen molar-refractivity contribution < 1.29 is 10.3 Å². The zero-order valence-electron chi connectivity index (χ0n) is 19.1. The van der Waals surface area contributed by atoms with Crippen molar-refractivity contribution in [1.82, 2.24) is 15.0 Å². The van der Waals surface area contributed by atoms with E-state index in [0.29, 0.717) is 24.8 Å². The molecule has 6 nitrogen and oxygen atoms in total. The van der Waals surface area contributed by atoms with Crippen LogP contribution in [0.15, 0.2) is 42.7 Å². The summed E-state index contributed by atoms with van der Waals surface area (Å²) >= 11 is 1.70. The molecule has 0 saturated carbocycles. The highest BCUT2D eigenvalue weighted by molar-refractivity contribution is 7.15. The fraction of sp³-hybridized carbons (Fsp3) is 0.385. The second kappa shape index (κ2) is 10.0. The molecule has 0 unspecified atom stereocenters. The lowest BCUT2D eigenvalue weighted by molar-refractivity contribution is -0.106. The van der Waals surface area contributed by atoms with Gasteiger partial charge in [0.25, 0.3) is 0 Å². The van der Waals surface area contributed by atoms with Crippen LogP contribution in [-0.2, 0) is 12.8 Å². The molecule has 2 aromatic heterocycles. The summed E-state index contributed by atoms with van der Waals surface area (Å²) in [6, 6.07) is 10.2. The smallest absolute Gasteiger partial charge is 0.126 e. The number of piperidine rings is 1. The lowest BCUT2D eigenvalue weighted by Crippen LogP contribution is -2.29. The van der Waals surface area contributed by atoms with Crippen LogP contribution >= 0.6 is 11.3 Å². The number of aromatic nitrogens is 2. The first-order valence-corrected chi connectivity index (χ1v) is 12.1. The van der Waals surface area contributed by atoms with Gasteiger partial charge in [0.2, 0.25) is 0 Å². The fourth-order valence-electron chi connectivity index (χ4n) is 3.89. The number of hydrogen-bond donors (Lipinski definition) is 3. The molecule has 4 rings (SSSR count). The second-order valence-electron chi connectivity index (χ2n) is 9.07. The van der Waals surface area contributed by atoms with E-state index in [4.69, 9.17) is 5.73 Å². The Balaban J connectivity index is 1.46. The minimum atomic E-state index is -1.01. The van der Waals surface area contributed by atoms with Gasteiger partial charge in [-0.25, -0.2) is 9.97 Å². The lowest BCUT2D eigenvalue weighted by atomic mass is 9.99. The van der Waals surface area contributed by atoms with E-state index < -0.39 is 5.60 Å². The number of thiazole rings is 1. The summed E-state index contributed by atoms with van der Waals surface area (Å²) in [4.78, 5) is 10.2. The number of benzene rings is 1. The van der Waals surface area contributed by atoms with Gasteiger partial charge in [-0.3, -0.25) is 0 Å². The van der Waals surface area contributed by atoms with Crippen molar-refractivity contribution >= 4 is 17.2 Å². The Hall–Kier alpha value is -2.76. The topological polar surface area (TPSA) is 95.5 Å². The summed E-state index contributed by atoms with van der Waals surface area (Å²) < 4.78 is 0. The van der Waals surface area contributed by atoms with Crippen LogP contribution in [0.2, 0.25) is 0 Å². The Morgan fingerprint density at radius 1 is 1.15 bits per heavy atom. The van der Waals surface area contributed by atoms with E-state index in [9.17, 15) is 10.3 Å². The molecule has 1 aliphatic heterocycles. The largest absolute Gasteiger partial charge is 0.383 e. The number of nitrogens with zero attached hydrogens (tertiary/aromatic N) is 3. The maximum absolute atomic E-state index is 9.83. The third-order valence-corrected chi connectivity index (χ3v) is 6.96. The van der Waals surface area contributed by atoms with Crippen molar-refractivity contribution in [2.24, 2.45) is 0 Å². The summed E-state index contributed by atoms with van der Waals surface area (Å²) in [6.45, 7) is 4.74. The van der Waals surface area contributed by atoms with Gasteiger partial charge >= 0.3 is 0 Å². The van der Waals surface area contributed by atoms with Gasteiger partial charge in [0.15, 0.2) is 0 Å². The molecule has 1 fully saturated rings. The highest BCUT2D eigenvalue weighted by Crippen LogP contribution is 2.35. The molecule has 33 heavy (non-hydrogen) atoms. The van der Waals surface area contributed by atoms with E-state index in [1.807, 2.05) is 24.5 Å². The monoisotopic (exact) mass is 462 g/mol. The van der Waals surface area contributed by atoms with Crippen LogP contribution in [0.5, 0.6) is 0 Å². The predicted octanol–water partition coefficient (Wildman–Crippen LogP) is 4.26. The first-order chi connectivity index (χ1) is 15.8. The van der Waals surface area contributed by atoms with Crippen LogP contribution < -0.4 is 5.73 Å². The van der Waals surface area contributed by atoms with Gasteiger partial charge in [0.1, 0.15) is 11.4 Å². The lowest BCUT2D eigenvalue weighted by Gasteiger charge is -2.25. The van der Waals surface area contributed by atoms with Gasteiger partial charge < -0.3 is 16.0 Å². The fourth-order valence-corrected chi connectivity index (χ4v) is 4.96. The van der Waals surface area contributed by atoms with Gasteiger partial charge in [-0.1, -0.05) is 24.0 Å². The standard InChI is InChI=1S/C26H30N4O2S/c1-26(2,31)11-8-19-5-3-4-18(14-19)6-7-21-15-22(16-28-24(21)27)23-17-29-25(33-23)20-9-12-30(32)13-10-20/h3-5,14-17,20,31-32H,6-7,9-10,12-13H2,1-2H3,(H2,27,28). The molecule has 4 N–H and O–H groups in total. The van der Waals surface area contributed by atoms with E-state index in [1.165, 1.54) is 5.06 Å². The number of pyridine rings is 1. The minimum absolute atomic E-state index is 0.403. The van der Waals surface area contributed by atoms with E-state index in [-0.39, 0.29) is 0 Å². The van der Waals surface area contributed by atoms with Gasteiger partial charge in [0, 0.05) is 42.5 Å². The Kier molecular flexibility index (Phi) is 7.11. The minimum Gasteiger partial charge on any atom is -0.383 e. The number of aliphatic hydroxyl groups is 1. The number of aryl methyl sites for hydroxylation is 2. The van der Waals surface area contributed by atoms with E-state index in [1.54, 1.807) is 25.2 Å². The van der Waals surface area contributed by atoms with Crippen LogP contribution in [0, 0.1) is 11.8 Å². The summed E-state index contributed by atoms with van der Waals surface area (Å²) in [5.41, 5.74) is 9.28. The normalized spacial score (nSPS) is 15.3. The van der Waals surface area contributed by atoms with Crippen molar-refractivity contribution in [2.75, 3.05) is 18.8 Å². The van der Waals surface area contributed by atoms with E-state index in [2.05, 4.69) is 40.0 Å². The molecule has 1 saturated heterocycles. The van der Waals surface area contributed by atoms with Crippen LogP contribution in [0.4, 0.5) is 5.82 Å². The maximum atomic E-state index is 9.83. The Labute approximate surface area is 199 Å². The summed E-state index contributed by atoms with van der Waals surface area (Å²) in [5.74, 6) is 6.85. The summed E-state index contributed by atoms with van der Waals surface area (Å²) in [6.07, 6.45) is 7.19. The molecule has 3 aromatic rings. The first kappa shape index (κ1) is 23.4. The molecule has 7 heteroatoms. The van der Waals surface area contributed by atoms with Crippen molar-refractivity contribution in [2.45, 2.75) is 51.0 Å². The maximum Gasteiger partial charge on any atom is 0.126 e. The molecule has 0 bridgehead atoms. The molecule has 0 amide bonds. The Morgan fingerprint density at radius 2 is 1.94 bits per heavy atom. The molecule has 1 aromatic carbocycles. The number of nitrogens with two attached hydrogens (primary N) is 1. The van der Waals surface area contributed by atoms with Crippen molar-refractivity contribution in [1.29, 1.82) is 0 Å². The number of hydrogen-bond acceptors (Lipinski definition) is 7. The average Bonchev–Trinajstić information content (AvgIpc) is 3.28.